The van der Waals surface area contributed by atoms with Crippen LogP contribution < -0.4 is 0 Å². The van der Waals surface area contributed by atoms with Gasteiger partial charge >= 0.3 is 0 Å². The highest BCUT2D eigenvalue weighted by Crippen LogP contribution is 2.42. The summed E-state index contributed by atoms with van der Waals surface area (Å²) in [5, 5.41) is 13.7. The number of aromatic nitrogens is 6. The van der Waals surface area contributed by atoms with Gasteiger partial charge in [-0.3, -0.25) is 4.98 Å². The smallest absolute Gasteiger partial charge is 0.259 e. The molecule has 194 valence electrons. The van der Waals surface area contributed by atoms with E-state index in [-0.39, 0.29) is 5.03 Å². The highest BCUT2D eigenvalue weighted by molar-refractivity contribution is 7.89. The molecule has 9 nitrogen and oxygen atoms in total. The number of hydrogen-bond donors (Lipinski definition) is 0. The van der Waals surface area contributed by atoms with Crippen LogP contribution in [0.3, 0.4) is 0 Å². The summed E-state index contributed by atoms with van der Waals surface area (Å²) in [6.45, 7) is 4.84. The maximum Gasteiger partial charge on any atom is 0.264 e. The Morgan fingerprint density at radius 1 is 0.974 bits per heavy atom. The highest BCUT2D eigenvalue weighted by atomic mass is 32.2. The lowest BCUT2D eigenvalue weighted by Gasteiger charge is -2.32. The second-order valence-electron chi connectivity index (χ2n) is 10.1. The Hall–Kier alpha value is -3.89. The minimum absolute atomic E-state index is 0.0179. The molecule has 1 fully saturated rings. The molecule has 0 N–H and O–H groups in total. The molecule has 1 aliphatic heterocycles. The molecular weight excluding hydrogens is 498 g/mol. The van der Waals surface area contributed by atoms with Gasteiger partial charge in [0.05, 0.1) is 29.8 Å². The van der Waals surface area contributed by atoms with Crippen LogP contribution in [0.25, 0.3) is 16.6 Å². The van der Waals surface area contributed by atoms with Crippen LogP contribution in [0, 0.1) is 13.8 Å². The van der Waals surface area contributed by atoms with E-state index in [2.05, 4.69) is 51.5 Å². The maximum atomic E-state index is 13.5. The largest absolute Gasteiger partial charge is 0.264 e. The molecule has 38 heavy (non-hydrogen) atoms. The number of aryl methyl sites for hydroxylation is 3. The van der Waals surface area contributed by atoms with Crippen LogP contribution in [0.15, 0.2) is 78.2 Å². The predicted molar refractivity (Wildman–Crippen MR) is 145 cm³/mol. The number of fused-ring (bicyclic) bond motifs is 1. The number of benzene rings is 2. The number of nitrogens with zero attached hydrogens (tertiary/aromatic N) is 7. The van der Waals surface area contributed by atoms with E-state index in [4.69, 9.17) is 0 Å². The third-order valence-corrected chi connectivity index (χ3v) is 9.22. The van der Waals surface area contributed by atoms with Gasteiger partial charge in [-0.2, -0.15) is 19.3 Å². The summed E-state index contributed by atoms with van der Waals surface area (Å²) in [6.07, 6.45) is 6.44. The first-order valence-electron chi connectivity index (χ1n) is 12.6. The summed E-state index contributed by atoms with van der Waals surface area (Å²) in [5.74, 6) is 0. The monoisotopic (exact) mass is 527 g/mol. The normalized spacial score (nSPS) is 18.4. The first-order chi connectivity index (χ1) is 18.2. The lowest BCUT2D eigenvalue weighted by Crippen LogP contribution is -2.36. The molecule has 1 aliphatic rings. The van der Waals surface area contributed by atoms with Gasteiger partial charge in [-0.1, -0.05) is 30.3 Å². The van der Waals surface area contributed by atoms with Crippen molar-refractivity contribution in [1.29, 1.82) is 0 Å². The van der Waals surface area contributed by atoms with Crippen molar-refractivity contribution in [3.05, 3.63) is 95.6 Å². The van der Waals surface area contributed by atoms with Gasteiger partial charge in [0, 0.05) is 36.6 Å². The van der Waals surface area contributed by atoms with E-state index < -0.39 is 15.4 Å². The molecule has 1 saturated heterocycles. The fraction of sp³-hybridized carbons (Fsp3) is 0.286. The average Bonchev–Trinajstić information content (AvgIpc) is 3.64. The van der Waals surface area contributed by atoms with Crippen LogP contribution in [0.2, 0.25) is 0 Å². The number of hydrogen-bond acceptors (Lipinski definition) is 6. The van der Waals surface area contributed by atoms with E-state index in [0.717, 1.165) is 39.8 Å². The summed E-state index contributed by atoms with van der Waals surface area (Å²) in [4.78, 5) is 5.70. The van der Waals surface area contributed by atoms with Crippen molar-refractivity contribution < 1.29 is 8.42 Å². The molecule has 0 amide bonds. The molecule has 5 aromatic rings. The lowest BCUT2D eigenvalue weighted by molar-refractivity contribution is 0.412. The SMILES string of the molecule is Cc1ccc(-n2ncc3cc(C4(Cc5ccccc5)CCN(S(=O)(=O)c5cnn(C)n5)C4)c(C)cc32)cn1. The standard InChI is InChI=1S/C28H29N7O2S/c1-20-13-26-23(16-31-35(26)24-10-9-21(2)29-17-24)14-25(20)28(15-22-7-5-4-6-8-22)11-12-34(19-28)38(36,37)27-18-30-33(3)32-27/h4-10,13-14,16-18H,11-12,15,19H2,1-3H3. The summed E-state index contributed by atoms with van der Waals surface area (Å²) in [5.41, 5.74) is 5.87. The number of sulfonamides is 1. The molecule has 0 saturated carbocycles. The predicted octanol–water partition coefficient (Wildman–Crippen LogP) is 3.74. The Labute approximate surface area is 221 Å². The zero-order chi connectivity index (χ0) is 26.5. The van der Waals surface area contributed by atoms with Gasteiger partial charge in [0.25, 0.3) is 10.0 Å². The van der Waals surface area contributed by atoms with E-state index in [1.807, 2.05) is 54.3 Å². The van der Waals surface area contributed by atoms with Gasteiger partial charge in [-0.25, -0.2) is 13.1 Å². The molecule has 6 rings (SSSR count). The van der Waals surface area contributed by atoms with Crippen LogP contribution in [0.1, 0.15) is 28.8 Å². The van der Waals surface area contributed by atoms with Gasteiger partial charge in [0.2, 0.25) is 5.03 Å². The van der Waals surface area contributed by atoms with Gasteiger partial charge in [0.1, 0.15) is 0 Å². The first kappa shape index (κ1) is 24.4. The van der Waals surface area contributed by atoms with E-state index in [1.54, 1.807) is 11.4 Å². The molecule has 0 spiro atoms. The van der Waals surface area contributed by atoms with Crippen molar-refractivity contribution in [3.63, 3.8) is 0 Å². The van der Waals surface area contributed by atoms with Crippen molar-refractivity contribution in [2.75, 3.05) is 13.1 Å². The third kappa shape index (κ3) is 4.19. The van der Waals surface area contributed by atoms with Crippen molar-refractivity contribution >= 4 is 20.9 Å². The molecule has 3 aromatic heterocycles. The zero-order valence-electron chi connectivity index (χ0n) is 21.6. The van der Waals surface area contributed by atoms with E-state index in [0.29, 0.717) is 19.5 Å². The molecule has 1 atom stereocenters. The molecule has 1 unspecified atom stereocenters. The summed E-state index contributed by atoms with van der Waals surface area (Å²) in [6, 6.07) is 18.6. The van der Waals surface area contributed by atoms with E-state index in [1.165, 1.54) is 16.6 Å². The second-order valence-corrected chi connectivity index (χ2v) is 12.0. The Bertz CT molecular complexity index is 1730. The van der Waals surface area contributed by atoms with Gasteiger partial charge < -0.3 is 0 Å². The highest BCUT2D eigenvalue weighted by Gasteiger charge is 2.45. The minimum Gasteiger partial charge on any atom is -0.259 e. The first-order valence-corrected chi connectivity index (χ1v) is 14.0. The van der Waals surface area contributed by atoms with Gasteiger partial charge in [0.15, 0.2) is 0 Å². The molecule has 0 aliphatic carbocycles. The van der Waals surface area contributed by atoms with Crippen LogP contribution in [0.5, 0.6) is 0 Å². The molecule has 0 bridgehead atoms. The Morgan fingerprint density at radius 2 is 1.79 bits per heavy atom. The summed E-state index contributed by atoms with van der Waals surface area (Å²) < 4.78 is 30.4. The Morgan fingerprint density at radius 3 is 2.50 bits per heavy atom. The molecule has 10 heteroatoms. The summed E-state index contributed by atoms with van der Waals surface area (Å²) >= 11 is 0. The maximum absolute atomic E-state index is 13.5. The quantitative estimate of drug-likeness (QED) is 0.334. The van der Waals surface area contributed by atoms with Crippen LogP contribution in [0.4, 0.5) is 0 Å². The van der Waals surface area contributed by atoms with Crippen LogP contribution in [-0.4, -0.2) is 55.6 Å². The van der Waals surface area contributed by atoms with Gasteiger partial charge in [-0.05, 0) is 67.6 Å². The Kier molecular flexibility index (Phi) is 5.88. The lowest BCUT2D eigenvalue weighted by atomic mass is 9.73. The molecule has 0 radical (unpaired) electrons. The molecule has 2 aromatic carbocycles. The van der Waals surface area contributed by atoms with Crippen molar-refractivity contribution in [3.8, 4) is 5.69 Å². The van der Waals surface area contributed by atoms with Crippen LogP contribution >= 0.6 is 0 Å². The second kappa shape index (κ2) is 9.14. The van der Waals surface area contributed by atoms with Gasteiger partial charge in [-0.15, -0.1) is 5.10 Å². The van der Waals surface area contributed by atoms with Crippen molar-refractivity contribution in [1.82, 2.24) is 34.1 Å². The minimum atomic E-state index is -3.76. The van der Waals surface area contributed by atoms with Crippen molar-refractivity contribution in [2.45, 2.75) is 37.1 Å². The zero-order valence-corrected chi connectivity index (χ0v) is 22.4. The average molecular weight is 528 g/mol. The van der Waals surface area contributed by atoms with Crippen LogP contribution in [-0.2, 0) is 28.9 Å². The van der Waals surface area contributed by atoms with E-state index >= 15 is 0 Å². The van der Waals surface area contributed by atoms with E-state index in [9.17, 15) is 8.42 Å². The third-order valence-electron chi connectivity index (χ3n) is 7.51. The molecular formula is C28H29N7O2S. The fourth-order valence-electron chi connectivity index (χ4n) is 5.60. The summed E-state index contributed by atoms with van der Waals surface area (Å²) in [7, 11) is -2.15. The Balaban J connectivity index is 1.44. The topological polar surface area (TPSA) is 98.8 Å². The fourth-order valence-corrected chi connectivity index (χ4v) is 7.02. The van der Waals surface area contributed by atoms with Crippen molar-refractivity contribution in [2.24, 2.45) is 7.05 Å². The number of pyridine rings is 1. The molecule has 4 heterocycles. The number of rotatable bonds is 6.